The molecule has 1 aromatic rings. The lowest BCUT2D eigenvalue weighted by molar-refractivity contribution is 0.494. The molecule has 3 rings (SSSR count). The van der Waals surface area contributed by atoms with Crippen LogP contribution in [-0.4, -0.2) is 18.1 Å². The summed E-state index contributed by atoms with van der Waals surface area (Å²) in [5, 5.41) is 0. The molecule has 0 amide bonds. The third-order valence-electron chi connectivity index (χ3n) is 4.01. The lowest BCUT2D eigenvalue weighted by Gasteiger charge is -2.18. The lowest BCUT2D eigenvalue weighted by atomic mass is 10.0. The van der Waals surface area contributed by atoms with Crippen LogP contribution < -0.4 is 4.90 Å². The number of pyridine rings is 1. The highest BCUT2D eigenvalue weighted by Crippen LogP contribution is 2.38. The van der Waals surface area contributed by atoms with Gasteiger partial charge < -0.3 is 4.90 Å². The highest BCUT2D eigenvalue weighted by atomic mass is 35.5. The summed E-state index contributed by atoms with van der Waals surface area (Å²) in [7, 11) is 0. The van der Waals surface area contributed by atoms with Crippen LogP contribution in [0.3, 0.4) is 0 Å². The van der Waals surface area contributed by atoms with E-state index >= 15 is 0 Å². The van der Waals surface area contributed by atoms with E-state index in [2.05, 4.69) is 22.0 Å². The maximum Gasteiger partial charge on any atom is 0.128 e. The van der Waals surface area contributed by atoms with Crippen molar-refractivity contribution in [1.82, 2.24) is 4.98 Å². The van der Waals surface area contributed by atoms with Gasteiger partial charge in [-0.05, 0) is 36.3 Å². The van der Waals surface area contributed by atoms with Gasteiger partial charge in [-0.2, -0.15) is 0 Å². The first-order valence-corrected chi connectivity index (χ1v) is 6.66. The number of anilines is 1. The molecule has 1 aromatic heterocycles. The minimum absolute atomic E-state index is 0.554. The molecule has 2 heterocycles. The Labute approximate surface area is 102 Å². The zero-order valence-corrected chi connectivity index (χ0v) is 10.2. The van der Waals surface area contributed by atoms with E-state index in [-0.39, 0.29) is 0 Å². The number of hydrogen-bond donors (Lipinski definition) is 0. The highest BCUT2D eigenvalue weighted by molar-refractivity contribution is 6.17. The van der Waals surface area contributed by atoms with Crippen molar-refractivity contribution in [2.45, 2.75) is 25.1 Å². The van der Waals surface area contributed by atoms with E-state index in [0.29, 0.717) is 5.88 Å². The first-order chi connectivity index (χ1) is 7.86. The van der Waals surface area contributed by atoms with Crippen molar-refractivity contribution < 1.29 is 0 Å². The summed E-state index contributed by atoms with van der Waals surface area (Å²) in [6.07, 6.45) is 6.17. The van der Waals surface area contributed by atoms with Gasteiger partial charge in [0.15, 0.2) is 0 Å². The third-order valence-corrected chi connectivity index (χ3v) is 4.32. The molecule has 2 nitrogen and oxygen atoms in total. The van der Waals surface area contributed by atoms with E-state index in [0.717, 1.165) is 23.2 Å². The first-order valence-electron chi connectivity index (χ1n) is 6.12. The smallest absolute Gasteiger partial charge is 0.128 e. The summed E-state index contributed by atoms with van der Waals surface area (Å²) < 4.78 is 0. The monoisotopic (exact) mass is 236 g/mol. The summed E-state index contributed by atoms with van der Waals surface area (Å²) >= 11 is 5.76. The summed E-state index contributed by atoms with van der Waals surface area (Å²) in [6.45, 7) is 2.41. The molecular weight excluding hydrogens is 220 g/mol. The number of hydrogen-bond acceptors (Lipinski definition) is 2. The molecule has 1 aliphatic carbocycles. The summed E-state index contributed by atoms with van der Waals surface area (Å²) in [4.78, 5) is 6.94. The predicted octanol–water partition coefficient (Wildman–Crippen LogP) is 3.06. The Kier molecular flexibility index (Phi) is 2.76. The Morgan fingerprint density at radius 3 is 2.56 bits per heavy atom. The number of fused-ring (bicyclic) bond motifs is 1. The van der Waals surface area contributed by atoms with Gasteiger partial charge in [0.1, 0.15) is 5.82 Å². The number of aromatic nitrogens is 1. The van der Waals surface area contributed by atoms with Crippen LogP contribution in [0, 0.1) is 11.8 Å². The van der Waals surface area contributed by atoms with Crippen LogP contribution in [0.2, 0.25) is 0 Å². The van der Waals surface area contributed by atoms with Crippen molar-refractivity contribution in [1.29, 1.82) is 0 Å². The Morgan fingerprint density at radius 2 is 2.00 bits per heavy atom. The maximum atomic E-state index is 5.76. The fourth-order valence-corrected chi connectivity index (χ4v) is 3.26. The van der Waals surface area contributed by atoms with Crippen LogP contribution >= 0.6 is 11.6 Å². The van der Waals surface area contributed by atoms with Crippen LogP contribution in [0.1, 0.15) is 24.8 Å². The summed E-state index contributed by atoms with van der Waals surface area (Å²) in [5.74, 6) is 3.53. The van der Waals surface area contributed by atoms with Crippen molar-refractivity contribution in [2.24, 2.45) is 11.8 Å². The molecule has 1 saturated heterocycles. The fraction of sp³-hybridized carbons (Fsp3) is 0.615. The Morgan fingerprint density at radius 1 is 1.25 bits per heavy atom. The normalized spacial score (nSPS) is 28.4. The molecule has 3 heteroatoms. The maximum absolute atomic E-state index is 5.76. The topological polar surface area (TPSA) is 16.1 Å². The predicted molar refractivity (Wildman–Crippen MR) is 66.8 cm³/mol. The second kappa shape index (κ2) is 4.25. The SMILES string of the molecule is ClCc1ccc(N2CC3CCCC3C2)nc1. The second-order valence-corrected chi connectivity index (χ2v) is 5.28. The molecule has 2 unspecified atom stereocenters. The van der Waals surface area contributed by atoms with E-state index in [1.54, 1.807) is 0 Å². The van der Waals surface area contributed by atoms with E-state index < -0.39 is 0 Å². The first kappa shape index (κ1) is 10.4. The van der Waals surface area contributed by atoms with E-state index in [1.807, 2.05) is 6.20 Å². The number of nitrogens with zero attached hydrogens (tertiary/aromatic N) is 2. The van der Waals surface area contributed by atoms with Crippen molar-refractivity contribution in [3.63, 3.8) is 0 Å². The lowest BCUT2D eigenvalue weighted by Crippen LogP contribution is -2.21. The third kappa shape index (κ3) is 1.80. The van der Waals surface area contributed by atoms with Gasteiger partial charge in [-0.1, -0.05) is 12.5 Å². The van der Waals surface area contributed by atoms with Crippen molar-refractivity contribution in [3.05, 3.63) is 23.9 Å². The standard InChI is InChI=1S/C13H17ClN2/c14-6-10-4-5-13(15-7-10)16-8-11-2-1-3-12(11)9-16/h4-5,7,11-12H,1-3,6,8-9H2. The minimum atomic E-state index is 0.554. The quantitative estimate of drug-likeness (QED) is 0.734. The number of halogens is 1. The Balaban J connectivity index is 1.73. The largest absolute Gasteiger partial charge is 0.356 e. The van der Waals surface area contributed by atoms with E-state index in [1.165, 1.54) is 32.4 Å². The van der Waals surface area contributed by atoms with Gasteiger partial charge in [-0.3, -0.25) is 0 Å². The van der Waals surface area contributed by atoms with Gasteiger partial charge in [-0.25, -0.2) is 4.98 Å². The van der Waals surface area contributed by atoms with Crippen molar-refractivity contribution in [2.75, 3.05) is 18.0 Å². The molecule has 86 valence electrons. The van der Waals surface area contributed by atoms with Gasteiger partial charge in [0.05, 0.1) is 0 Å². The summed E-state index contributed by atoms with van der Waals surface area (Å²) in [6, 6.07) is 4.20. The highest BCUT2D eigenvalue weighted by Gasteiger charge is 2.36. The van der Waals surface area contributed by atoms with Gasteiger partial charge in [0.2, 0.25) is 0 Å². The summed E-state index contributed by atoms with van der Waals surface area (Å²) in [5.41, 5.74) is 1.10. The van der Waals surface area contributed by atoms with Crippen LogP contribution in [-0.2, 0) is 5.88 Å². The second-order valence-electron chi connectivity index (χ2n) is 5.01. The number of alkyl halides is 1. The molecule has 16 heavy (non-hydrogen) atoms. The van der Waals surface area contributed by atoms with Crippen molar-refractivity contribution in [3.8, 4) is 0 Å². The molecule has 0 N–H and O–H groups in total. The van der Waals surface area contributed by atoms with Crippen LogP contribution in [0.15, 0.2) is 18.3 Å². The molecule has 2 atom stereocenters. The fourth-order valence-electron chi connectivity index (χ4n) is 3.10. The Hall–Kier alpha value is -0.760. The zero-order chi connectivity index (χ0) is 11.0. The zero-order valence-electron chi connectivity index (χ0n) is 9.40. The van der Waals surface area contributed by atoms with Crippen molar-refractivity contribution >= 4 is 17.4 Å². The van der Waals surface area contributed by atoms with Crippen LogP contribution in [0.4, 0.5) is 5.82 Å². The molecule has 2 aliphatic rings. The van der Waals surface area contributed by atoms with E-state index in [9.17, 15) is 0 Å². The van der Waals surface area contributed by atoms with E-state index in [4.69, 9.17) is 11.6 Å². The molecule has 1 saturated carbocycles. The molecule has 2 fully saturated rings. The molecule has 0 spiro atoms. The molecule has 0 aromatic carbocycles. The minimum Gasteiger partial charge on any atom is -0.356 e. The van der Waals surface area contributed by atoms with Gasteiger partial charge in [0, 0.05) is 25.2 Å². The Bertz CT molecular complexity index is 351. The van der Waals surface area contributed by atoms with Gasteiger partial charge in [-0.15, -0.1) is 11.6 Å². The average Bonchev–Trinajstić information content (AvgIpc) is 2.89. The molecule has 0 radical (unpaired) electrons. The molecule has 1 aliphatic heterocycles. The molecule has 0 bridgehead atoms. The van der Waals surface area contributed by atoms with Gasteiger partial charge >= 0.3 is 0 Å². The van der Waals surface area contributed by atoms with Crippen LogP contribution in [0.25, 0.3) is 0 Å². The average molecular weight is 237 g/mol. The molecular formula is C13H17ClN2. The van der Waals surface area contributed by atoms with Crippen LogP contribution in [0.5, 0.6) is 0 Å². The van der Waals surface area contributed by atoms with Gasteiger partial charge in [0.25, 0.3) is 0 Å². The number of rotatable bonds is 2.